The Labute approximate surface area is 152 Å². The summed E-state index contributed by atoms with van der Waals surface area (Å²) in [7, 11) is 3.34. The van der Waals surface area contributed by atoms with E-state index in [-0.39, 0.29) is 0 Å². The van der Waals surface area contributed by atoms with Crippen molar-refractivity contribution in [2.75, 3.05) is 40.4 Å². The molecule has 5 nitrogen and oxygen atoms in total. The van der Waals surface area contributed by atoms with Crippen molar-refractivity contribution in [1.29, 1.82) is 0 Å². The zero-order chi connectivity index (χ0) is 18.1. The molecule has 0 spiro atoms. The molecule has 0 unspecified atom stereocenters. The lowest BCUT2D eigenvalue weighted by Gasteiger charge is -2.33. The largest absolute Gasteiger partial charge is 0.493 e. The number of nitrogens with zero attached hydrogens (tertiary/aromatic N) is 2. The molecule has 0 atom stereocenters. The van der Waals surface area contributed by atoms with Gasteiger partial charge in [0.2, 0.25) is 0 Å². The lowest BCUT2D eigenvalue weighted by molar-refractivity contribution is 0.273. The van der Waals surface area contributed by atoms with Gasteiger partial charge in [-0.1, -0.05) is 13.0 Å². The molecule has 1 fully saturated rings. The number of benzene rings is 1. The number of hydrogen-bond donors (Lipinski definition) is 1. The molecule has 1 N–H and O–H groups in total. The summed E-state index contributed by atoms with van der Waals surface area (Å²) in [6, 6.07) is 6.12. The molecule has 1 heterocycles. The average molecular weight is 348 g/mol. The number of ether oxygens (including phenoxy) is 2. The first-order valence-electron chi connectivity index (χ1n) is 9.42. The van der Waals surface area contributed by atoms with Gasteiger partial charge in [0, 0.05) is 26.2 Å². The fourth-order valence-electron chi connectivity index (χ4n) is 3.15. The highest BCUT2D eigenvalue weighted by molar-refractivity contribution is 5.80. The molecule has 0 radical (unpaired) electrons. The molecule has 1 aromatic rings. The minimum absolute atomic E-state index is 0.776. The van der Waals surface area contributed by atoms with Gasteiger partial charge in [0.15, 0.2) is 17.5 Å². The second-order valence-electron chi connectivity index (χ2n) is 6.70. The Morgan fingerprint density at radius 2 is 1.92 bits per heavy atom. The molecule has 2 rings (SSSR count). The van der Waals surface area contributed by atoms with Crippen molar-refractivity contribution < 1.29 is 9.47 Å². The Balaban J connectivity index is 1.87. The van der Waals surface area contributed by atoms with E-state index in [9.17, 15) is 0 Å². The topological polar surface area (TPSA) is 46.1 Å². The van der Waals surface area contributed by atoms with Crippen molar-refractivity contribution in [1.82, 2.24) is 10.2 Å². The lowest BCUT2D eigenvalue weighted by Crippen LogP contribution is -2.45. The number of guanidine groups is 1. The third-order valence-electron chi connectivity index (χ3n) is 4.75. The van der Waals surface area contributed by atoms with Crippen LogP contribution in [0.1, 0.15) is 38.7 Å². The van der Waals surface area contributed by atoms with Crippen LogP contribution in [-0.2, 0) is 6.42 Å². The smallest absolute Gasteiger partial charge is 0.193 e. The van der Waals surface area contributed by atoms with Gasteiger partial charge in [-0.2, -0.15) is 0 Å². The van der Waals surface area contributed by atoms with Gasteiger partial charge in [0.05, 0.1) is 14.2 Å². The van der Waals surface area contributed by atoms with Crippen molar-refractivity contribution in [3.63, 3.8) is 0 Å². The molecule has 0 aromatic heterocycles. The fraction of sp³-hybridized carbons (Fsp3) is 0.650. The molecular weight excluding hydrogens is 314 g/mol. The minimum Gasteiger partial charge on any atom is -0.493 e. The lowest BCUT2D eigenvalue weighted by atomic mass is 10.00. The number of hydrogen-bond acceptors (Lipinski definition) is 3. The van der Waals surface area contributed by atoms with E-state index in [1.165, 1.54) is 18.4 Å². The van der Waals surface area contributed by atoms with Gasteiger partial charge in [-0.3, -0.25) is 4.99 Å². The van der Waals surface area contributed by atoms with Crippen molar-refractivity contribution in [3.05, 3.63) is 23.8 Å². The summed E-state index contributed by atoms with van der Waals surface area (Å²) >= 11 is 0. The maximum Gasteiger partial charge on any atom is 0.193 e. The molecule has 1 aliphatic heterocycles. The number of likely N-dealkylation sites (tertiary alicyclic amines) is 1. The normalized spacial score (nSPS) is 16.0. The Morgan fingerprint density at radius 1 is 1.20 bits per heavy atom. The van der Waals surface area contributed by atoms with Crippen molar-refractivity contribution in [3.8, 4) is 11.5 Å². The molecule has 0 amide bonds. The average Bonchev–Trinajstić information content (AvgIpc) is 2.64. The predicted octanol–water partition coefficient (Wildman–Crippen LogP) is 3.33. The van der Waals surface area contributed by atoms with Crippen molar-refractivity contribution >= 4 is 5.96 Å². The third kappa shape index (κ3) is 5.83. The quantitative estimate of drug-likeness (QED) is 0.467. The van der Waals surface area contributed by atoms with Crippen molar-refractivity contribution in [2.45, 2.75) is 39.5 Å². The number of rotatable bonds is 7. The van der Waals surface area contributed by atoms with Gasteiger partial charge in [-0.15, -0.1) is 0 Å². The first kappa shape index (κ1) is 19.4. The summed E-state index contributed by atoms with van der Waals surface area (Å²) in [5, 5.41) is 3.44. The van der Waals surface area contributed by atoms with Gasteiger partial charge in [-0.25, -0.2) is 0 Å². The molecule has 0 bridgehead atoms. The Hall–Kier alpha value is -1.91. The second kappa shape index (κ2) is 10.2. The molecule has 1 aromatic carbocycles. The molecular formula is C20H33N3O2. The van der Waals surface area contributed by atoms with Crippen LogP contribution in [0, 0.1) is 5.92 Å². The van der Waals surface area contributed by atoms with E-state index >= 15 is 0 Å². The number of aliphatic imine (C=N–C) groups is 1. The van der Waals surface area contributed by atoms with Gasteiger partial charge >= 0.3 is 0 Å². The molecule has 0 saturated carbocycles. The van der Waals surface area contributed by atoms with E-state index in [1.54, 1.807) is 14.2 Å². The number of methoxy groups -OCH3 is 2. The summed E-state index contributed by atoms with van der Waals surface area (Å²) in [6.45, 7) is 8.45. The second-order valence-corrected chi connectivity index (χ2v) is 6.70. The molecule has 0 aliphatic carbocycles. The highest BCUT2D eigenvalue weighted by atomic mass is 16.5. The highest BCUT2D eigenvalue weighted by Crippen LogP contribution is 2.27. The monoisotopic (exact) mass is 347 g/mol. The van der Waals surface area contributed by atoms with Crippen molar-refractivity contribution in [2.24, 2.45) is 10.9 Å². The first-order chi connectivity index (χ1) is 12.2. The van der Waals surface area contributed by atoms with E-state index in [1.807, 2.05) is 6.07 Å². The molecule has 5 heteroatoms. The minimum atomic E-state index is 0.776. The van der Waals surface area contributed by atoms with E-state index < -0.39 is 0 Å². The Morgan fingerprint density at radius 3 is 2.56 bits per heavy atom. The number of nitrogens with one attached hydrogen (secondary N) is 1. The van der Waals surface area contributed by atoms with Crippen LogP contribution in [-0.4, -0.2) is 51.3 Å². The number of aryl methyl sites for hydroxylation is 1. The van der Waals surface area contributed by atoms with Crippen LogP contribution in [0.5, 0.6) is 11.5 Å². The van der Waals surface area contributed by atoms with Crippen LogP contribution in [0.3, 0.4) is 0 Å². The SMILES string of the molecule is CCNC(=NCCCc1ccc(OC)c(OC)c1)N1CCC(C)CC1. The molecule has 25 heavy (non-hydrogen) atoms. The van der Waals surface area contributed by atoms with Gasteiger partial charge in [0.1, 0.15) is 0 Å². The third-order valence-corrected chi connectivity index (χ3v) is 4.75. The number of piperidine rings is 1. The van der Waals surface area contributed by atoms with Crippen LogP contribution in [0.15, 0.2) is 23.2 Å². The van der Waals surface area contributed by atoms with Gasteiger partial charge < -0.3 is 19.7 Å². The Bertz CT molecular complexity index is 552. The summed E-state index contributed by atoms with van der Waals surface area (Å²) in [4.78, 5) is 7.23. The predicted molar refractivity (Wildman–Crippen MR) is 104 cm³/mol. The Kier molecular flexibility index (Phi) is 7.89. The molecule has 1 aliphatic rings. The van der Waals surface area contributed by atoms with Crippen LogP contribution in [0.4, 0.5) is 0 Å². The van der Waals surface area contributed by atoms with Crippen LogP contribution >= 0.6 is 0 Å². The maximum absolute atomic E-state index is 5.37. The summed E-state index contributed by atoms with van der Waals surface area (Å²) in [5.74, 6) is 3.48. The van der Waals surface area contributed by atoms with Gasteiger partial charge in [-0.05, 0) is 56.2 Å². The van der Waals surface area contributed by atoms with E-state index in [4.69, 9.17) is 14.5 Å². The standard InChI is InChI=1S/C20H33N3O2/c1-5-21-20(23-13-10-16(2)11-14-23)22-12-6-7-17-8-9-18(24-3)19(15-17)25-4/h8-9,15-16H,5-7,10-14H2,1-4H3,(H,21,22). The maximum atomic E-state index is 5.37. The fourth-order valence-corrected chi connectivity index (χ4v) is 3.15. The zero-order valence-corrected chi connectivity index (χ0v) is 16.2. The van der Waals surface area contributed by atoms with E-state index in [0.29, 0.717) is 0 Å². The highest BCUT2D eigenvalue weighted by Gasteiger charge is 2.18. The van der Waals surface area contributed by atoms with Gasteiger partial charge in [0.25, 0.3) is 0 Å². The van der Waals surface area contributed by atoms with Crippen LogP contribution < -0.4 is 14.8 Å². The summed E-state index contributed by atoms with van der Waals surface area (Å²) in [6.07, 6.45) is 4.53. The van der Waals surface area contributed by atoms with Crippen LogP contribution in [0.2, 0.25) is 0 Å². The zero-order valence-electron chi connectivity index (χ0n) is 16.2. The molecule has 140 valence electrons. The van der Waals surface area contributed by atoms with Crippen LogP contribution in [0.25, 0.3) is 0 Å². The molecule has 1 saturated heterocycles. The summed E-state index contributed by atoms with van der Waals surface area (Å²) < 4.78 is 10.7. The first-order valence-corrected chi connectivity index (χ1v) is 9.42. The summed E-state index contributed by atoms with van der Waals surface area (Å²) in [5.41, 5.74) is 1.25. The van der Waals surface area contributed by atoms with E-state index in [2.05, 4.69) is 36.2 Å². The van der Waals surface area contributed by atoms with E-state index in [0.717, 1.165) is 62.4 Å².